The largest absolute Gasteiger partial charge is 0.458 e. The highest BCUT2D eigenvalue weighted by molar-refractivity contribution is 7.20. The molecule has 0 atom stereocenters. The summed E-state index contributed by atoms with van der Waals surface area (Å²) in [6.45, 7) is -0.144. The number of aromatic nitrogens is 1. The SMILES string of the molecule is c1ccc(N2B3c4ccccc4Oc4cc(-c5cccc(-n6c7ccccc7c7ccccc76)c5)cc(c43)-c3ccc(-c4ccccc4[Si](c4ccccc4)(c4ccccc4)c4ccccc4)cc32)cc1. The average molecular weight is 921 g/mol. The third kappa shape index (κ3) is 6.44. The second kappa shape index (κ2) is 16.7. The van der Waals surface area contributed by atoms with Gasteiger partial charge in [-0.1, -0.05) is 212 Å². The van der Waals surface area contributed by atoms with Crippen LogP contribution in [0.4, 0.5) is 11.4 Å². The fraction of sp³-hybridized carbons (Fsp3) is 0. The van der Waals surface area contributed by atoms with Crippen molar-refractivity contribution in [3.63, 3.8) is 0 Å². The lowest BCUT2D eigenvalue weighted by molar-refractivity contribution is 0.487. The van der Waals surface area contributed by atoms with Gasteiger partial charge in [0.1, 0.15) is 11.5 Å². The minimum atomic E-state index is -2.90. The van der Waals surface area contributed by atoms with Gasteiger partial charge in [0.25, 0.3) is 0 Å². The Morgan fingerprint density at radius 2 is 0.915 bits per heavy atom. The molecule has 3 nitrogen and oxygen atoms in total. The van der Waals surface area contributed by atoms with Gasteiger partial charge >= 0.3 is 6.85 Å². The van der Waals surface area contributed by atoms with Crippen molar-refractivity contribution in [3.05, 3.63) is 273 Å². The van der Waals surface area contributed by atoms with E-state index in [1.807, 2.05) is 0 Å². The summed E-state index contributed by atoms with van der Waals surface area (Å²) in [5.41, 5.74) is 15.1. The summed E-state index contributed by atoms with van der Waals surface area (Å²) in [4.78, 5) is 2.56. The highest BCUT2D eigenvalue weighted by Gasteiger charge is 2.45. The normalized spacial score (nSPS) is 12.6. The second-order valence-corrected chi connectivity index (χ2v) is 22.5. The zero-order valence-corrected chi connectivity index (χ0v) is 39.9. The molecule has 1 aromatic heterocycles. The molecule has 2 aliphatic rings. The van der Waals surface area contributed by atoms with E-state index in [4.69, 9.17) is 4.74 Å². The Morgan fingerprint density at radius 3 is 1.59 bits per heavy atom. The van der Waals surface area contributed by atoms with Crippen molar-refractivity contribution in [2.75, 3.05) is 4.81 Å². The average Bonchev–Trinajstić information content (AvgIpc) is 3.79. The standard InChI is InChI=1S/C66H45BN2OSi/c1-5-23-49(24-6-1)69-62-44-47(54-32-15-20-39-65(54)71(51-26-7-2-8-27-51,52-28-9-3-10-29-52)53-30-11-4-12-31-53)40-41-57(62)58-43-48(45-64-66(58)67(69)59-35-16-19-38-63(59)70-64)46-22-21-25-50(42-46)68-60-36-17-13-33-55(60)56-34-14-18-37-61(56)68/h1-45H. The van der Waals surface area contributed by atoms with Gasteiger partial charge in [-0.2, -0.15) is 0 Å². The molecular weight excluding hydrogens is 876 g/mol. The maximum absolute atomic E-state index is 7.05. The lowest BCUT2D eigenvalue weighted by Crippen LogP contribution is -2.75. The van der Waals surface area contributed by atoms with Crippen molar-refractivity contribution in [1.29, 1.82) is 0 Å². The molecule has 0 bridgehead atoms. The van der Waals surface area contributed by atoms with Crippen molar-refractivity contribution < 1.29 is 4.74 Å². The van der Waals surface area contributed by atoms with Crippen LogP contribution in [0.1, 0.15) is 0 Å². The van der Waals surface area contributed by atoms with Gasteiger partial charge in [0.15, 0.2) is 8.07 Å². The van der Waals surface area contributed by atoms with E-state index in [1.165, 1.54) is 70.3 Å². The van der Waals surface area contributed by atoms with Crippen molar-refractivity contribution in [1.82, 2.24) is 4.57 Å². The quantitative estimate of drug-likeness (QED) is 0.112. The fourth-order valence-corrected chi connectivity index (χ4v) is 17.0. The van der Waals surface area contributed by atoms with Crippen LogP contribution in [0.15, 0.2) is 273 Å². The minimum absolute atomic E-state index is 0.144. The minimum Gasteiger partial charge on any atom is -0.458 e. The molecule has 0 fully saturated rings. The Hall–Kier alpha value is -8.90. The maximum atomic E-state index is 7.05. The van der Waals surface area contributed by atoms with E-state index >= 15 is 0 Å². The van der Waals surface area contributed by atoms with E-state index in [2.05, 4.69) is 282 Å². The number of hydrogen-bond donors (Lipinski definition) is 0. The molecule has 0 unspecified atom stereocenters. The lowest BCUT2D eigenvalue weighted by atomic mass is 9.44. The Balaban J connectivity index is 1.01. The van der Waals surface area contributed by atoms with Gasteiger partial charge < -0.3 is 14.1 Å². The van der Waals surface area contributed by atoms with E-state index in [-0.39, 0.29) is 6.85 Å². The molecule has 0 spiro atoms. The number of fused-ring (bicyclic) bond motifs is 7. The molecule has 5 heteroatoms. The van der Waals surface area contributed by atoms with E-state index in [9.17, 15) is 0 Å². The summed E-state index contributed by atoms with van der Waals surface area (Å²) < 4.78 is 9.45. The van der Waals surface area contributed by atoms with E-state index < -0.39 is 8.07 Å². The van der Waals surface area contributed by atoms with Crippen molar-refractivity contribution in [3.8, 4) is 50.6 Å². The number of para-hydroxylation sites is 4. The van der Waals surface area contributed by atoms with E-state index in [1.54, 1.807) is 0 Å². The Morgan fingerprint density at radius 1 is 0.352 bits per heavy atom. The molecule has 332 valence electrons. The van der Waals surface area contributed by atoms with Crippen LogP contribution >= 0.6 is 0 Å². The van der Waals surface area contributed by atoms with Crippen LogP contribution in [0, 0.1) is 0 Å². The summed E-state index contributed by atoms with van der Waals surface area (Å²) in [5, 5.41) is 7.91. The highest BCUT2D eigenvalue weighted by Crippen LogP contribution is 2.47. The number of rotatable bonds is 8. The van der Waals surface area contributed by atoms with Crippen molar-refractivity contribution in [2.45, 2.75) is 0 Å². The molecule has 11 aromatic carbocycles. The van der Waals surface area contributed by atoms with Gasteiger partial charge in [0.2, 0.25) is 0 Å². The Kier molecular flexibility index (Phi) is 9.65. The molecule has 0 N–H and O–H groups in total. The third-order valence-corrected chi connectivity index (χ3v) is 19.8. The molecule has 0 saturated heterocycles. The smallest absolute Gasteiger partial charge is 0.336 e. The zero-order chi connectivity index (χ0) is 46.9. The van der Waals surface area contributed by atoms with Gasteiger partial charge in [-0.25, -0.2) is 0 Å². The molecule has 0 radical (unpaired) electrons. The van der Waals surface area contributed by atoms with E-state index in [0.29, 0.717) is 0 Å². The van der Waals surface area contributed by atoms with Crippen LogP contribution in [0.3, 0.4) is 0 Å². The molecule has 0 aliphatic carbocycles. The molecular formula is C66H45BN2OSi. The first-order valence-electron chi connectivity index (χ1n) is 24.5. The third-order valence-electron chi connectivity index (χ3n) is 15.0. The molecule has 12 aromatic rings. The molecule has 3 heterocycles. The summed E-state index contributed by atoms with van der Waals surface area (Å²) in [6, 6.07) is 101. The zero-order valence-electron chi connectivity index (χ0n) is 38.9. The van der Waals surface area contributed by atoms with Gasteiger partial charge in [0, 0.05) is 38.9 Å². The first kappa shape index (κ1) is 41.1. The topological polar surface area (TPSA) is 17.4 Å². The Labute approximate surface area is 415 Å². The summed E-state index contributed by atoms with van der Waals surface area (Å²) in [7, 11) is -2.90. The summed E-state index contributed by atoms with van der Waals surface area (Å²) in [5.74, 6) is 1.76. The first-order chi connectivity index (χ1) is 35.2. The molecule has 71 heavy (non-hydrogen) atoms. The number of anilines is 2. The van der Waals surface area contributed by atoms with Crippen LogP contribution < -0.4 is 41.2 Å². The molecule has 0 saturated carbocycles. The number of benzene rings is 11. The fourth-order valence-electron chi connectivity index (χ4n) is 12.0. The van der Waals surface area contributed by atoms with Crippen LogP contribution in [0.2, 0.25) is 0 Å². The van der Waals surface area contributed by atoms with Gasteiger partial charge in [-0.15, -0.1) is 0 Å². The van der Waals surface area contributed by atoms with Crippen LogP contribution in [-0.2, 0) is 0 Å². The number of ether oxygens (including phenoxy) is 1. The summed E-state index contributed by atoms with van der Waals surface area (Å²) in [6.07, 6.45) is 0. The summed E-state index contributed by atoms with van der Waals surface area (Å²) >= 11 is 0. The predicted molar refractivity (Wildman–Crippen MR) is 301 cm³/mol. The van der Waals surface area contributed by atoms with E-state index in [0.717, 1.165) is 45.2 Å². The number of hydrogen-bond acceptors (Lipinski definition) is 2. The predicted octanol–water partition coefficient (Wildman–Crippen LogP) is 12.5. The first-order valence-corrected chi connectivity index (χ1v) is 26.5. The Bertz CT molecular complexity index is 3840. The van der Waals surface area contributed by atoms with Gasteiger partial charge in [-0.05, 0) is 115 Å². The molecule has 14 rings (SSSR count). The highest BCUT2D eigenvalue weighted by atomic mass is 28.3. The molecule has 2 aliphatic heterocycles. The molecule has 0 amide bonds. The van der Waals surface area contributed by atoms with Crippen LogP contribution in [-0.4, -0.2) is 19.5 Å². The second-order valence-electron chi connectivity index (χ2n) is 18.7. The van der Waals surface area contributed by atoms with Crippen LogP contribution in [0.25, 0.3) is 60.9 Å². The van der Waals surface area contributed by atoms with Gasteiger partial charge in [0.05, 0.1) is 11.0 Å². The number of nitrogens with zero attached hydrogens (tertiary/aromatic N) is 2. The van der Waals surface area contributed by atoms with Crippen molar-refractivity contribution in [2.24, 2.45) is 0 Å². The maximum Gasteiger partial charge on any atom is 0.336 e. The lowest BCUT2D eigenvalue weighted by Gasteiger charge is -2.42. The monoisotopic (exact) mass is 920 g/mol. The van der Waals surface area contributed by atoms with Crippen molar-refractivity contribution >= 4 is 79.8 Å². The van der Waals surface area contributed by atoms with Gasteiger partial charge in [-0.3, -0.25) is 0 Å². The van der Waals surface area contributed by atoms with Crippen LogP contribution in [0.5, 0.6) is 11.5 Å².